The van der Waals surface area contributed by atoms with Crippen LogP contribution in [0.4, 0.5) is 0 Å². The second-order valence-electron chi connectivity index (χ2n) is 4.69. The first-order valence-corrected chi connectivity index (χ1v) is 5.45. The van der Waals surface area contributed by atoms with E-state index in [1.807, 2.05) is 0 Å². The highest BCUT2D eigenvalue weighted by Gasteiger charge is 2.66. The Labute approximate surface area is 75.9 Å². The molecule has 4 atom stereocenters. The molecule has 3 unspecified atom stereocenters. The van der Waals surface area contributed by atoms with Gasteiger partial charge in [0.05, 0.1) is 0 Å². The summed E-state index contributed by atoms with van der Waals surface area (Å²) < 4.78 is 0. The van der Waals surface area contributed by atoms with Crippen molar-refractivity contribution in [2.24, 2.45) is 17.8 Å². The predicted molar refractivity (Wildman–Crippen MR) is 52.1 cm³/mol. The van der Waals surface area contributed by atoms with Crippen LogP contribution >= 0.6 is 0 Å². The molecule has 0 aromatic heterocycles. The van der Waals surface area contributed by atoms with Crippen LogP contribution in [0.15, 0.2) is 0 Å². The Morgan fingerprint density at radius 2 is 2.25 bits per heavy atom. The van der Waals surface area contributed by atoms with E-state index in [-0.39, 0.29) is 0 Å². The van der Waals surface area contributed by atoms with Gasteiger partial charge in [0.15, 0.2) is 0 Å². The van der Waals surface area contributed by atoms with Gasteiger partial charge in [-0.1, -0.05) is 26.7 Å². The van der Waals surface area contributed by atoms with E-state index in [0.29, 0.717) is 5.54 Å². The molecule has 0 heterocycles. The first kappa shape index (κ1) is 8.55. The zero-order valence-corrected chi connectivity index (χ0v) is 8.56. The second-order valence-corrected chi connectivity index (χ2v) is 4.69. The Bertz CT molecular complexity index is 178. The summed E-state index contributed by atoms with van der Waals surface area (Å²) in [4.78, 5) is 0. The Hall–Kier alpha value is -0.0400. The summed E-state index contributed by atoms with van der Waals surface area (Å²) in [6.45, 7) is 4.73. The first-order chi connectivity index (χ1) is 5.76. The smallest absolute Gasteiger partial charge is 0.0241 e. The summed E-state index contributed by atoms with van der Waals surface area (Å²) in [6, 6.07) is 0. The highest BCUT2D eigenvalue weighted by Crippen LogP contribution is 2.64. The lowest BCUT2D eigenvalue weighted by molar-refractivity contribution is 0.408. The van der Waals surface area contributed by atoms with E-state index in [9.17, 15) is 0 Å². The summed E-state index contributed by atoms with van der Waals surface area (Å²) in [7, 11) is 2.14. The van der Waals surface area contributed by atoms with E-state index in [4.69, 9.17) is 0 Å². The summed E-state index contributed by atoms with van der Waals surface area (Å²) in [6.07, 6.45) is 5.73. The molecule has 0 bridgehead atoms. The number of nitrogens with one attached hydrogen (secondary N) is 1. The molecule has 2 rings (SSSR count). The summed E-state index contributed by atoms with van der Waals surface area (Å²) in [5.41, 5.74) is 0.583. The van der Waals surface area contributed by atoms with Crippen molar-refractivity contribution in [3.63, 3.8) is 0 Å². The molecule has 0 aromatic rings. The third kappa shape index (κ3) is 0.891. The molecule has 2 aliphatic carbocycles. The molecule has 1 N–H and O–H groups in total. The summed E-state index contributed by atoms with van der Waals surface area (Å²) >= 11 is 0. The number of rotatable bonds is 3. The van der Waals surface area contributed by atoms with E-state index in [0.717, 1.165) is 17.8 Å². The average Bonchev–Trinajstić information content (AvgIpc) is 2.51. The van der Waals surface area contributed by atoms with Crippen molar-refractivity contribution in [3.05, 3.63) is 0 Å². The van der Waals surface area contributed by atoms with E-state index in [2.05, 4.69) is 26.2 Å². The molecular weight excluding hydrogens is 146 g/mol. The van der Waals surface area contributed by atoms with E-state index in [1.54, 1.807) is 0 Å². The Kier molecular flexibility index (Phi) is 1.95. The fourth-order valence-corrected chi connectivity index (χ4v) is 3.71. The van der Waals surface area contributed by atoms with Gasteiger partial charge in [0, 0.05) is 5.54 Å². The first-order valence-electron chi connectivity index (χ1n) is 5.45. The van der Waals surface area contributed by atoms with Crippen molar-refractivity contribution in [2.75, 3.05) is 7.05 Å². The van der Waals surface area contributed by atoms with Gasteiger partial charge in [-0.05, 0) is 37.6 Å². The molecule has 0 aromatic carbocycles. The predicted octanol–water partition coefficient (Wildman–Crippen LogP) is 2.42. The zero-order chi connectivity index (χ0) is 8.77. The minimum atomic E-state index is 0.583. The highest BCUT2D eigenvalue weighted by molar-refractivity contribution is 5.21. The van der Waals surface area contributed by atoms with Crippen LogP contribution in [0.2, 0.25) is 0 Å². The highest BCUT2D eigenvalue weighted by atomic mass is 15.1. The van der Waals surface area contributed by atoms with Crippen LogP contribution in [0, 0.1) is 17.8 Å². The van der Waals surface area contributed by atoms with Crippen LogP contribution in [0.25, 0.3) is 0 Å². The van der Waals surface area contributed by atoms with Crippen molar-refractivity contribution < 1.29 is 0 Å². The zero-order valence-electron chi connectivity index (χ0n) is 8.56. The molecule has 2 saturated carbocycles. The molecule has 1 nitrogen and oxygen atoms in total. The summed E-state index contributed by atoms with van der Waals surface area (Å²) in [5, 5.41) is 3.55. The van der Waals surface area contributed by atoms with Crippen LogP contribution < -0.4 is 5.32 Å². The topological polar surface area (TPSA) is 12.0 Å². The van der Waals surface area contributed by atoms with Gasteiger partial charge in [-0.2, -0.15) is 0 Å². The second kappa shape index (κ2) is 2.73. The molecule has 0 radical (unpaired) electrons. The van der Waals surface area contributed by atoms with Crippen molar-refractivity contribution in [2.45, 2.75) is 45.1 Å². The molecule has 0 spiro atoms. The molecule has 0 aliphatic heterocycles. The van der Waals surface area contributed by atoms with Gasteiger partial charge in [-0.25, -0.2) is 0 Å². The number of hydrogen-bond donors (Lipinski definition) is 1. The van der Waals surface area contributed by atoms with Crippen molar-refractivity contribution in [1.29, 1.82) is 0 Å². The average molecular weight is 167 g/mol. The van der Waals surface area contributed by atoms with E-state index < -0.39 is 0 Å². The van der Waals surface area contributed by atoms with E-state index in [1.165, 1.54) is 25.7 Å². The van der Waals surface area contributed by atoms with Crippen molar-refractivity contribution in [3.8, 4) is 0 Å². The lowest BCUT2D eigenvalue weighted by Crippen LogP contribution is -2.28. The fraction of sp³-hybridized carbons (Fsp3) is 1.00. The maximum Gasteiger partial charge on any atom is 0.0241 e. The van der Waals surface area contributed by atoms with Gasteiger partial charge in [0.1, 0.15) is 0 Å². The fourth-order valence-electron chi connectivity index (χ4n) is 3.71. The molecule has 70 valence electrons. The Morgan fingerprint density at radius 1 is 1.50 bits per heavy atom. The van der Waals surface area contributed by atoms with Gasteiger partial charge in [0.25, 0.3) is 0 Å². The third-order valence-corrected chi connectivity index (χ3v) is 4.40. The molecule has 2 aliphatic rings. The van der Waals surface area contributed by atoms with Gasteiger partial charge >= 0.3 is 0 Å². The van der Waals surface area contributed by atoms with Crippen molar-refractivity contribution >= 4 is 0 Å². The standard InChI is InChI=1S/C11H21N/c1-4-5-9-6-7-11(12-3)8(2)10(9)11/h8-10,12H,4-7H2,1-3H3/t8-,9?,10?,11?/m0/s1. The minimum Gasteiger partial charge on any atom is -0.314 e. The van der Waals surface area contributed by atoms with Gasteiger partial charge in [-0.3, -0.25) is 0 Å². The molecule has 1 heteroatoms. The van der Waals surface area contributed by atoms with Gasteiger partial charge in [0.2, 0.25) is 0 Å². The third-order valence-electron chi connectivity index (χ3n) is 4.40. The Balaban J connectivity index is 2.00. The number of hydrogen-bond acceptors (Lipinski definition) is 1. The van der Waals surface area contributed by atoms with Crippen LogP contribution in [0.1, 0.15) is 39.5 Å². The number of fused-ring (bicyclic) bond motifs is 1. The van der Waals surface area contributed by atoms with Crippen LogP contribution in [0.3, 0.4) is 0 Å². The molecule has 2 fully saturated rings. The van der Waals surface area contributed by atoms with Gasteiger partial charge in [-0.15, -0.1) is 0 Å². The molecule has 0 saturated heterocycles. The lowest BCUT2D eigenvalue weighted by Gasteiger charge is -2.11. The maximum absolute atomic E-state index is 3.55. The lowest BCUT2D eigenvalue weighted by atomic mass is 9.96. The van der Waals surface area contributed by atoms with E-state index >= 15 is 0 Å². The quantitative estimate of drug-likeness (QED) is 0.680. The molecule has 0 amide bonds. The van der Waals surface area contributed by atoms with Crippen LogP contribution in [0.5, 0.6) is 0 Å². The normalized spacial score (nSPS) is 50.8. The largest absolute Gasteiger partial charge is 0.314 e. The van der Waals surface area contributed by atoms with Crippen molar-refractivity contribution in [1.82, 2.24) is 5.32 Å². The van der Waals surface area contributed by atoms with Crippen LogP contribution in [-0.4, -0.2) is 12.6 Å². The van der Waals surface area contributed by atoms with Gasteiger partial charge < -0.3 is 5.32 Å². The summed E-state index contributed by atoms with van der Waals surface area (Å²) in [5.74, 6) is 3.01. The monoisotopic (exact) mass is 167 g/mol. The minimum absolute atomic E-state index is 0.583. The maximum atomic E-state index is 3.55. The van der Waals surface area contributed by atoms with Crippen LogP contribution in [-0.2, 0) is 0 Å². The molecule has 12 heavy (non-hydrogen) atoms. The molecular formula is C11H21N. The SMILES string of the molecule is CCCC1CCC2(NC)C1[C@@H]2C. The Morgan fingerprint density at radius 3 is 2.67 bits per heavy atom.